The number of anilines is 1. The Morgan fingerprint density at radius 3 is 2.65 bits per heavy atom. The summed E-state index contributed by atoms with van der Waals surface area (Å²) in [6.45, 7) is 8.57. The van der Waals surface area contributed by atoms with Crippen molar-refractivity contribution in [2.45, 2.75) is 39.7 Å². The molecule has 1 amide bonds. The third-order valence-corrected chi connectivity index (χ3v) is 6.46. The molecule has 0 unspecified atom stereocenters. The quantitative estimate of drug-likeness (QED) is 0.381. The van der Waals surface area contributed by atoms with Gasteiger partial charge in [-0.25, -0.2) is 4.68 Å². The zero-order valence-corrected chi connectivity index (χ0v) is 20.4. The number of amides is 1. The van der Waals surface area contributed by atoms with Crippen molar-refractivity contribution in [1.29, 1.82) is 0 Å². The number of hydrogen-bond donors (Lipinski definition) is 1. The zero-order valence-electron chi connectivity index (χ0n) is 20.4. The summed E-state index contributed by atoms with van der Waals surface area (Å²) in [5, 5.41) is 9.03. The molecule has 34 heavy (non-hydrogen) atoms. The first-order valence-corrected chi connectivity index (χ1v) is 12.0. The summed E-state index contributed by atoms with van der Waals surface area (Å²) < 4.78 is 3.22. The van der Waals surface area contributed by atoms with Gasteiger partial charge in [0.1, 0.15) is 11.6 Å². The van der Waals surface area contributed by atoms with Gasteiger partial charge in [-0.1, -0.05) is 37.3 Å². The van der Waals surface area contributed by atoms with E-state index in [1.54, 1.807) is 13.2 Å². The fraction of sp³-hybridized carbons (Fsp3) is 0.370. The molecule has 2 aromatic carbocycles. The van der Waals surface area contributed by atoms with Crippen molar-refractivity contribution in [2.75, 3.05) is 24.5 Å². The number of hydrogen-bond acceptors (Lipinski definition) is 4. The number of fused-ring (bicyclic) bond motifs is 3. The highest BCUT2D eigenvalue weighted by atomic mass is 16.2. The molecule has 1 atom stereocenters. The highest BCUT2D eigenvalue weighted by molar-refractivity contribution is 6.08. The number of aromatic nitrogens is 3. The number of nitrogens with zero attached hydrogens (tertiary/aromatic N) is 4. The number of nitrogens with one attached hydrogen (secondary N) is 1. The van der Waals surface area contributed by atoms with Gasteiger partial charge in [-0.3, -0.25) is 9.59 Å². The Labute approximate surface area is 200 Å². The van der Waals surface area contributed by atoms with E-state index in [0.717, 1.165) is 35.8 Å². The van der Waals surface area contributed by atoms with Gasteiger partial charge in [0.2, 0.25) is 5.91 Å². The van der Waals surface area contributed by atoms with E-state index in [-0.39, 0.29) is 11.5 Å². The molecule has 7 nitrogen and oxygen atoms in total. The molecule has 0 fully saturated rings. The zero-order chi connectivity index (χ0) is 24.2. The number of carbonyl (C=O) groups excluding carboxylic acids is 1. The molecule has 4 aromatic rings. The van der Waals surface area contributed by atoms with E-state index in [9.17, 15) is 9.59 Å². The van der Waals surface area contributed by atoms with Gasteiger partial charge in [0.05, 0.1) is 11.7 Å². The molecule has 0 spiro atoms. The molecule has 0 radical (unpaired) electrons. The Balaban J connectivity index is 1.53. The van der Waals surface area contributed by atoms with E-state index in [1.807, 2.05) is 35.8 Å². The number of rotatable bonds is 9. The van der Waals surface area contributed by atoms with E-state index in [2.05, 4.69) is 53.4 Å². The Morgan fingerprint density at radius 1 is 1.12 bits per heavy atom. The van der Waals surface area contributed by atoms with Crippen molar-refractivity contribution in [1.82, 2.24) is 19.7 Å². The monoisotopic (exact) mass is 459 g/mol. The average molecular weight is 460 g/mol. The Morgan fingerprint density at radius 2 is 1.91 bits per heavy atom. The average Bonchev–Trinajstić information content (AvgIpc) is 3.17. The summed E-state index contributed by atoms with van der Waals surface area (Å²) in [6.07, 6.45) is 3.13. The summed E-state index contributed by atoms with van der Waals surface area (Å²) in [5.41, 5.74) is 3.65. The van der Waals surface area contributed by atoms with E-state index in [4.69, 9.17) is 0 Å². The van der Waals surface area contributed by atoms with Gasteiger partial charge in [0, 0.05) is 43.1 Å². The van der Waals surface area contributed by atoms with Crippen LogP contribution in [0, 0.1) is 6.92 Å². The van der Waals surface area contributed by atoms with Gasteiger partial charge in [-0.2, -0.15) is 5.10 Å². The maximum absolute atomic E-state index is 13.3. The second kappa shape index (κ2) is 10.1. The maximum Gasteiger partial charge on any atom is 0.291 e. The van der Waals surface area contributed by atoms with Crippen LogP contribution in [0.1, 0.15) is 38.3 Å². The molecule has 2 heterocycles. The standard InChI is InChI=1S/C27H33N5O2/c1-5-23(26(33)28-15-10-16-31(6-2)20-12-9-11-19(3)17-20)32-24-14-8-7-13-21(24)22-18-29-30(4)27(34)25(22)32/h7-9,11-14,17-18,23H,5-6,10,15-16H2,1-4H3,(H,28,33)/t23-/m1/s1. The van der Waals surface area contributed by atoms with Gasteiger partial charge in [-0.05, 0) is 50.5 Å². The molecule has 0 aliphatic carbocycles. The maximum atomic E-state index is 13.3. The lowest BCUT2D eigenvalue weighted by Crippen LogP contribution is -2.35. The first-order chi connectivity index (χ1) is 16.5. The SMILES string of the molecule is CC[C@H](C(=O)NCCCN(CC)c1cccc(C)c1)n1c2ccccc2c2cnn(C)c(=O)c21. The van der Waals surface area contributed by atoms with Crippen LogP contribution in [0.15, 0.2) is 59.5 Å². The fourth-order valence-electron chi connectivity index (χ4n) is 4.69. The number of aryl methyl sites for hydroxylation is 2. The predicted octanol–water partition coefficient (Wildman–Crippen LogP) is 4.18. The van der Waals surface area contributed by atoms with Crippen LogP contribution in [0.5, 0.6) is 0 Å². The summed E-state index contributed by atoms with van der Waals surface area (Å²) >= 11 is 0. The number of para-hydroxylation sites is 1. The minimum Gasteiger partial charge on any atom is -0.372 e. The van der Waals surface area contributed by atoms with E-state index in [0.29, 0.717) is 18.5 Å². The minimum absolute atomic E-state index is 0.0670. The highest BCUT2D eigenvalue weighted by Gasteiger charge is 2.25. The van der Waals surface area contributed by atoms with Crippen LogP contribution >= 0.6 is 0 Å². The van der Waals surface area contributed by atoms with Crippen LogP contribution in [-0.2, 0) is 11.8 Å². The van der Waals surface area contributed by atoms with Crippen molar-refractivity contribution < 1.29 is 4.79 Å². The molecule has 4 rings (SSSR count). The molecule has 0 bridgehead atoms. The van der Waals surface area contributed by atoms with Crippen LogP contribution in [0.25, 0.3) is 21.8 Å². The lowest BCUT2D eigenvalue weighted by Gasteiger charge is -2.24. The molecule has 0 aliphatic rings. The second-order valence-electron chi connectivity index (χ2n) is 8.71. The number of benzene rings is 2. The molecule has 2 aromatic heterocycles. The lowest BCUT2D eigenvalue weighted by molar-refractivity contribution is -0.124. The van der Waals surface area contributed by atoms with Crippen LogP contribution < -0.4 is 15.8 Å². The van der Waals surface area contributed by atoms with Crippen molar-refractivity contribution in [3.63, 3.8) is 0 Å². The van der Waals surface area contributed by atoms with Gasteiger partial charge >= 0.3 is 0 Å². The molecule has 0 saturated carbocycles. The largest absolute Gasteiger partial charge is 0.372 e. The van der Waals surface area contributed by atoms with Crippen LogP contribution in [0.3, 0.4) is 0 Å². The molecule has 0 saturated heterocycles. The molecule has 0 aliphatic heterocycles. The second-order valence-corrected chi connectivity index (χ2v) is 8.71. The third kappa shape index (κ3) is 4.42. The van der Waals surface area contributed by atoms with E-state index >= 15 is 0 Å². The van der Waals surface area contributed by atoms with E-state index < -0.39 is 6.04 Å². The molecule has 7 heteroatoms. The Hall–Kier alpha value is -3.61. The smallest absolute Gasteiger partial charge is 0.291 e. The summed E-state index contributed by atoms with van der Waals surface area (Å²) in [6, 6.07) is 15.8. The van der Waals surface area contributed by atoms with Crippen molar-refractivity contribution in [3.8, 4) is 0 Å². The van der Waals surface area contributed by atoms with Gasteiger partial charge < -0.3 is 14.8 Å². The molecule has 178 valence electrons. The van der Waals surface area contributed by atoms with Crippen molar-refractivity contribution in [3.05, 3.63) is 70.6 Å². The first-order valence-electron chi connectivity index (χ1n) is 12.0. The Kier molecular flexibility index (Phi) is 7.01. The van der Waals surface area contributed by atoms with Crippen LogP contribution in [-0.4, -0.2) is 39.9 Å². The van der Waals surface area contributed by atoms with E-state index in [1.165, 1.54) is 15.9 Å². The van der Waals surface area contributed by atoms with Crippen LogP contribution in [0.4, 0.5) is 5.69 Å². The van der Waals surface area contributed by atoms with Crippen molar-refractivity contribution in [2.24, 2.45) is 7.05 Å². The van der Waals surface area contributed by atoms with Gasteiger partial charge in [-0.15, -0.1) is 0 Å². The molecular formula is C27H33N5O2. The predicted molar refractivity (Wildman–Crippen MR) is 139 cm³/mol. The van der Waals surface area contributed by atoms with Crippen LogP contribution in [0.2, 0.25) is 0 Å². The molecular weight excluding hydrogens is 426 g/mol. The summed E-state index contributed by atoms with van der Waals surface area (Å²) in [5.74, 6) is -0.0670. The first kappa shape index (κ1) is 23.5. The fourth-order valence-corrected chi connectivity index (χ4v) is 4.69. The number of carbonyl (C=O) groups is 1. The topological polar surface area (TPSA) is 72.2 Å². The normalized spacial score (nSPS) is 12.2. The summed E-state index contributed by atoms with van der Waals surface area (Å²) in [7, 11) is 1.64. The van der Waals surface area contributed by atoms with Crippen molar-refractivity contribution >= 4 is 33.4 Å². The highest BCUT2D eigenvalue weighted by Crippen LogP contribution is 2.30. The minimum atomic E-state index is -0.475. The summed E-state index contributed by atoms with van der Waals surface area (Å²) in [4.78, 5) is 28.7. The molecule has 1 N–H and O–H groups in total. The third-order valence-electron chi connectivity index (χ3n) is 6.46. The van der Waals surface area contributed by atoms with Gasteiger partial charge in [0.25, 0.3) is 5.56 Å². The van der Waals surface area contributed by atoms with Gasteiger partial charge in [0.15, 0.2) is 0 Å². The Bertz CT molecular complexity index is 1370. The lowest BCUT2D eigenvalue weighted by atomic mass is 10.2.